The molecule has 20 heteroatoms. The van der Waals surface area contributed by atoms with Gasteiger partial charge in [0, 0.05) is 6.04 Å². The smallest absolute Gasteiger partial charge is 0.187 e. The molecule has 3 aliphatic heterocycles. The number of rotatable bonds is 13. The minimum absolute atomic E-state index is 0.0232. The molecule has 1 saturated carbocycles. The second-order valence-corrected chi connectivity index (χ2v) is 13.0. The van der Waals surface area contributed by atoms with Crippen LogP contribution in [0.4, 0.5) is 0 Å². The van der Waals surface area contributed by atoms with Gasteiger partial charge in [-0.2, -0.15) is 5.11 Å². The van der Waals surface area contributed by atoms with E-state index in [9.17, 15) is 35.7 Å². The van der Waals surface area contributed by atoms with E-state index in [1.165, 1.54) is 0 Å². The first-order valence-electron chi connectivity index (χ1n) is 16.5. The van der Waals surface area contributed by atoms with Crippen LogP contribution in [0.15, 0.2) is 35.4 Å². The highest BCUT2D eigenvalue weighted by Gasteiger charge is 2.55. The number of aliphatic hydroxyl groups excluding tert-OH is 7. The molecule has 1 aromatic rings. The molecule has 1 aliphatic carbocycles. The SMILES string of the molecule is N=NC1CC(N)C(OC2OC(CO)C(O)C(O)C2N)C(OC2OC(CO)C(OC3OC(N)C(O)C(O)C3N)C2OCCc2ccccc2)C1O. The summed E-state index contributed by atoms with van der Waals surface area (Å²) in [4.78, 5) is 0. The highest BCUT2D eigenvalue weighted by Crippen LogP contribution is 2.36. The van der Waals surface area contributed by atoms with E-state index in [0.29, 0.717) is 6.42 Å². The third-order valence-corrected chi connectivity index (χ3v) is 9.64. The van der Waals surface area contributed by atoms with E-state index < -0.39 is 130 Å². The van der Waals surface area contributed by atoms with Crippen molar-refractivity contribution < 1.29 is 68.9 Å². The van der Waals surface area contributed by atoms with Gasteiger partial charge in [0.05, 0.1) is 31.9 Å². The molecule has 3 heterocycles. The van der Waals surface area contributed by atoms with Gasteiger partial charge in [-0.25, -0.2) is 5.53 Å². The summed E-state index contributed by atoms with van der Waals surface area (Å²) in [5.74, 6) is 0. The Morgan fingerprint density at radius 2 is 1.26 bits per heavy atom. The molecule has 0 radical (unpaired) electrons. The maximum absolute atomic E-state index is 11.4. The zero-order valence-electron chi connectivity index (χ0n) is 27.1. The molecule has 1 aromatic carbocycles. The van der Waals surface area contributed by atoms with Crippen molar-refractivity contribution in [1.29, 1.82) is 5.53 Å². The molecular weight excluding hydrogens is 668 g/mol. The fraction of sp³-hybridized carbons (Fsp3) is 0.800. The Hall–Kier alpha value is -1.90. The van der Waals surface area contributed by atoms with E-state index in [0.717, 1.165) is 5.56 Å². The van der Waals surface area contributed by atoms with Gasteiger partial charge >= 0.3 is 0 Å². The van der Waals surface area contributed by atoms with Gasteiger partial charge in [-0.1, -0.05) is 30.3 Å². The quantitative estimate of drug-likeness (QED) is 0.0846. The summed E-state index contributed by atoms with van der Waals surface area (Å²) in [7, 11) is 0. The molecule has 4 fully saturated rings. The fourth-order valence-corrected chi connectivity index (χ4v) is 6.64. The van der Waals surface area contributed by atoms with Crippen LogP contribution in [0.2, 0.25) is 0 Å². The van der Waals surface area contributed by atoms with Crippen molar-refractivity contribution in [3.8, 4) is 0 Å². The topological polar surface area (TPSA) is 347 Å². The number of ether oxygens (including phenoxy) is 7. The normalized spacial score (nSPS) is 46.9. The molecule has 284 valence electrons. The van der Waals surface area contributed by atoms with Gasteiger partial charge in [0.25, 0.3) is 0 Å². The summed E-state index contributed by atoms with van der Waals surface area (Å²) in [5.41, 5.74) is 33.1. The van der Waals surface area contributed by atoms with Crippen LogP contribution in [0.1, 0.15) is 12.0 Å². The molecule has 0 aromatic heterocycles. The van der Waals surface area contributed by atoms with Gasteiger partial charge in [0.2, 0.25) is 0 Å². The lowest BCUT2D eigenvalue weighted by Gasteiger charge is -2.47. The number of aliphatic hydroxyl groups is 7. The monoisotopic (exact) mass is 718 g/mol. The van der Waals surface area contributed by atoms with E-state index in [1.807, 2.05) is 30.3 Å². The summed E-state index contributed by atoms with van der Waals surface area (Å²) >= 11 is 0. The molecular formula is C30H50N6O14. The number of hydrogen-bond acceptors (Lipinski definition) is 20. The van der Waals surface area contributed by atoms with Gasteiger partial charge in [0.15, 0.2) is 18.9 Å². The average molecular weight is 719 g/mol. The van der Waals surface area contributed by atoms with E-state index in [1.54, 1.807) is 0 Å². The molecule has 4 aliphatic rings. The fourth-order valence-electron chi connectivity index (χ4n) is 6.64. The van der Waals surface area contributed by atoms with Crippen molar-refractivity contribution >= 4 is 0 Å². The van der Waals surface area contributed by atoms with Gasteiger partial charge in [-0.05, 0) is 18.4 Å². The lowest BCUT2D eigenvalue weighted by atomic mass is 9.84. The number of nitrogens with two attached hydrogens (primary N) is 4. The lowest BCUT2D eigenvalue weighted by molar-refractivity contribution is -0.312. The molecule has 3 saturated heterocycles. The Kier molecular flexibility index (Phi) is 13.6. The highest BCUT2D eigenvalue weighted by atomic mass is 16.8. The van der Waals surface area contributed by atoms with E-state index >= 15 is 0 Å². The van der Waals surface area contributed by atoms with Crippen LogP contribution < -0.4 is 22.9 Å². The molecule has 19 atom stereocenters. The van der Waals surface area contributed by atoms with Gasteiger partial charge in [-0.3, -0.25) is 0 Å². The van der Waals surface area contributed by atoms with E-state index in [2.05, 4.69) is 5.11 Å². The van der Waals surface area contributed by atoms with E-state index in [-0.39, 0.29) is 13.0 Å². The Morgan fingerprint density at radius 3 is 1.90 bits per heavy atom. The third kappa shape index (κ3) is 8.33. The van der Waals surface area contributed by atoms with Crippen molar-refractivity contribution in [2.75, 3.05) is 19.8 Å². The van der Waals surface area contributed by atoms with E-state index in [4.69, 9.17) is 61.6 Å². The summed E-state index contributed by atoms with van der Waals surface area (Å²) in [6, 6.07) is 4.86. The zero-order chi connectivity index (χ0) is 36.3. The molecule has 50 heavy (non-hydrogen) atoms. The second-order valence-electron chi connectivity index (χ2n) is 13.0. The molecule has 0 bridgehead atoms. The lowest BCUT2D eigenvalue weighted by Crippen LogP contribution is -2.67. The first kappa shape index (κ1) is 39.3. The van der Waals surface area contributed by atoms with Crippen molar-refractivity contribution in [3.63, 3.8) is 0 Å². The number of benzene rings is 1. The van der Waals surface area contributed by atoms with Gasteiger partial charge < -0.3 is 91.8 Å². The van der Waals surface area contributed by atoms with Crippen LogP contribution in [0.25, 0.3) is 0 Å². The molecule has 20 nitrogen and oxygen atoms in total. The predicted octanol–water partition coefficient (Wildman–Crippen LogP) is -5.56. The highest BCUT2D eigenvalue weighted by molar-refractivity contribution is 5.14. The van der Waals surface area contributed by atoms with Crippen LogP contribution in [0.3, 0.4) is 0 Å². The maximum atomic E-state index is 11.4. The summed E-state index contributed by atoms with van der Waals surface area (Å²) in [6.45, 7) is -1.19. The zero-order valence-corrected chi connectivity index (χ0v) is 27.1. The summed E-state index contributed by atoms with van der Waals surface area (Å²) < 4.78 is 42.0. The Morgan fingerprint density at radius 1 is 0.680 bits per heavy atom. The summed E-state index contributed by atoms with van der Waals surface area (Å²) in [6.07, 6.45) is -20.1. The molecule has 19 unspecified atom stereocenters. The Labute approximate surface area is 287 Å². The number of hydrogen-bond donors (Lipinski definition) is 12. The minimum Gasteiger partial charge on any atom is -0.394 e. The Balaban J connectivity index is 1.41. The maximum Gasteiger partial charge on any atom is 0.187 e. The Bertz CT molecular complexity index is 1210. The first-order chi connectivity index (χ1) is 23.9. The van der Waals surface area contributed by atoms with Crippen molar-refractivity contribution in [3.05, 3.63) is 35.9 Å². The molecule has 0 amide bonds. The molecule has 16 N–H and O–H groups in total. The largest absolute Gasteiger partial charge is 0.394 e. The molecule has 0 spiro atoms. The number of nitrogens with one attached hydrogen (secondary N) is 1. The summed E-state index contributed by atoms with van der Waals surface area (Å²) in [5, 5.41) is 76.3. The third-order valence-electron chi connectivity index (χ3n) is 9.64. The first-order valence-corrected chi connectivity index (χ1v) is 16.5. The average Bonchev–Trinajstić information content (AvgIpc) is 3.44. The van der Waals surface area contributed by atoms with Crippen LogP contribution in [-0.2, 0) is 39.6 Å². The van der Waals surface area contributed by atoms with Crippen molar-refractivity contribution in [1.82, 2.24) is 0 Å². The molecule has 5 rings (SSSR count). The van der Waals surface area contributed by atoms with Crippen LogP contribution in [0, 0.1) is 5.53 Å². The predicted molar refractivity (Wildman–Crippen MR) is 166 cm³/mol. The minimum atomic E-state index is -1.55. The van der Waals surface area contributed by atoms with Crippen molar-refractivity contribution in [2.45, 2.75) is 129 Å². The standard InChI is InChI=1S/C30H50N6O14/c31-12-8-13(36-35)18(39)25(23(12)47-28-16(32)20(41)19(40)14(9-37)45-28)49-30-26(44-7-6-11-4-2-1-3-5-11)24(15(10-38)46-30)48-29-17(33)21(42)22(43)27(34)50-29/h1-5,12-30,35,37-43H,6-10,31-34H2. The van der Waals surface area contributed by atoms with Crippen LogP contribution in [-0.4, -0.2) is 172 Å². The van der Waals surface area contributed by atoms with Crippen LogP contribution in [0.5, 0.6) is 0 Å². The van der Waals surface area contributed by atoms with Crippen molar-refractivity contribution in [2.24, 2.45) is 28.0 Å². The number of nitrogens with zero attached hydrogens (tertiary/aromatic N) is 1. The second kappa shape index (κ2) is 17.3. The van der Waals surface area contributed by atoms with Gasteiger partial charge in [0.1, 0.15) is 79.4 Å². The van der Waals surface area contributed by atoms with Gasteiger partial charge in [-0.15, -0.1) is 0 Å². The van der Waals surface area contributed by atoms with Crippen LogP contribution >= 0.6 is 0 Å².